The van der Waals surface area contributed by atoms with Crippen LogP contribution in [0.5, 0.6) is 0 Å². The van der Waals surface area contributed by atoms with Gasteiger partial charge in [0.25, 0.3) is 0 Å². The Morgan fingerprint density at radius 2 is 2.08 bits per heavy atom. The molecule has 0 aromatic carbocycles. The molecule has 1 heteroatoms. The third-order valence-corrected chi connectivity index (χ3v) is 3.24. The molecule has 0 saturated heterocycles. The SMILES string of the molecule is O[C@@]12CCC=C(CCCCC1)C2. The maximum atomic E-state index is 10.2. The average Bonchev–Trinajstić information content (AvgIpc) is 2.02. The number of rotatable bonds is 0. The third-order valence-electron chi connectivity index (χ3n) is 3.24. The van der Waals surface area contributed by atoms with Crippen molar-refractivity contribution in [2.24, 2.45) is 0 Å². The maximum Gasteiger partial charge on any atom is 0.0687 e. The van der Waals surface area contributed by atoms with Crippen LogP contribution in [0.4, 0.5) is 0 Å². The second kappa shape index (κ2) is 3.21. The van der Waals surface area contributed by atoms with E-state index in [2.05, 4.69) is 6.08 Å². The lowest BCUT2D eigenvalue weighted by Crippen LogP contribution is -2.32. The van der Waals surface area contributed by atoms with Gasteiger partial charge in [-0.1, -0.05) is 24.5 Å². The Balaban J connectivity index is 2.11. The van der Waals surface area contributed by atoms with E-state index in [4.69, 9.17) is 0 Å². The van der Waals surface area contributed by atoms with E-state index in [9.17, 15) is 5.11 Å². The van der Waals surface area contributed by atoms with E-state index >= 15 is 0 Å². The fourth-order valence-electron chi connectivity index (χ4n) is 2.51. The molecule has 0 aliphatic heterocycles. The Hall–Kier alpha value is -0.300. The van der Waals surface area contributed by atoms with Gasteiger partial charge in [0.1, 0.15) is 0 Å². The summed E-state index contributed by atoms with van der Waals surface area (Å²) in [5.41, 5.74) is 1.20. The van der Waals surface area contributed by atoms with E-state index in [1.165, 1.54) is 31.3 Å². The average molecular weight is 166 g/mol. The van der Waals surface area contributed by atoms with Gasteiger partial charge in [-0.2, -0.15) is 0 Å². The molecule has 2 aliphatic carbocycles. The highest BCUT2D eigenvalue weighted by Crippen LogP contribution is 2.36. The predicted octanol–water partition coefficient (Wildman–Crippen LogP) is 2.79. The van der Waals surface area contributed by atoms with Gasteiger partial charge in [-0.3, -0.25) is 0 Å². The zero-order valence-corrected chi connectivity index (χ0v) is 7.68. The quantitative estimate of drug-likeness (QED) is 0.549. The lowest BCUT2D eigenvalue weighted by molar-refractivity contribution is 0.0137. The Morgan fingerprint density at radius 1 is 1.17 bits per heavy atom. The van der Waals surface area contributed by atoms with Crippen LogP contribution < -0.4 is 0 Å². The first-order valence-electron chi connectivity index (χ1n) is 5.19. The van der Waals surface area contributed by atoms with Gasteiger partial charge < -0.3 is 5.11 Å². The summed E-state index contributed by atoms with van der Waals surface area (Å²) in [6.07, 6.45) is 11.5. The number of aliphatic hydroxyl groups is 1. The Bertz CT molecular complexity index is 195. The van der Waals surface area contributed by atoms with Crippen LogP contribution in [0, 0.1) is 0 Å². The summed E-state index contributed by atoms with van der Waals surface area (Å²) in [6.45, 7) is 0. The van der Waals surface area contributed by atoms with Gasteiger partial charge in [0.2, 0.25) is 0 Å². The van der Waals surface area contributed by atoms with Crippen LogP contribution >= 0.6 is 0 Å². The van der Waals surface area contributed by atoms with Crippen LogP contribution in [0.3, 0.4) is 0 Å². The molecule has 0 amide bonds. The molecule has 0 unspecified atom stereocenters. The Morgan fingerprint density at radius 3 is 3.00 bits per heavy atom. The second-order valence-electron chi connectivity index (χ2n) is 4.36. The van der Waals surface area contributed by atoms with Gasteiger partial charge in [-0.25, -0.2) is 0 Å². The van der Waals surface area contributed by atoms with Gasteiger partial charge >= 0.3 is 0 Å². The monoisotopic (exact) mass is 166 g/mol. The molecular formula is C11H18O. The Labute approximate surface area is 74.5 Å². The summed E-state index contributed by atoms with van der Waals surface area (Å²) in [7, 11) is 0. The van der Waals surface area contributed by atoms with Crippen LogP contribution in [-0.2, 0) is 0 Å². The first kappa shape index (κ1) is 8.31. The molecular weight excluding hydrogens is 148 g/mol. The zero-order valence-electron chi connectivity index (χ0n) is 7.68. The minimum Gasteiger partial charge on any atom is -0.390 e. The van der Waals surface area contributed by atoms with Crippen LogP contribution in [0.25, 0.3) is 0 Å². The summed E-state index contributed by atoms with van der Waals surface area (Å²) in [5, 5.41) is 10.2. The zero-order chi connectivity index (χ0) is 8.44. The van der Waals surface area contributed by atoms with Gasteiger partial charge in [0, 0.05) is 0 Å². The van der Waals surface area contributed by atoms with Gasteiger partial charge in [-0.05, 0) is 38.5 Å². The fraction of sp³-hybridized carbons (Fsp3) is 0.818. The largest absolute Gasteiger partial charge is 0.390 e. The van der Waals surface area contributed by atoms with Crippen molar-refractivity contribution < 1.29 is 5.11 Å². The molecule has 0 aromatic rings. The summed E-state index contributed by atoms with van der Waals surface area (Å²) in [5.74, 6) is 0. The second-order valence-corrected chi connectivity index (χ2v) is 4.36. The lowest BCUT2D eigenvalue weighted by atomic mass is 9.77. The molecule has 1 fully saturated rings. The Kier molecular flexibility index (Phi) is 2.22. The molecule has 0 spiro atoms. The highest BCUT2D eigenvalue weighted by atomic mass is 16.3. The van der Waals surface area contributed by atoms with Crippen LogP contribution in [-0.4, -0.2) is 10.7 Å². The number of allylic oxidation sites excluding steroid dienone is 1. The van der Waals surface area contributed by atoms with Crippen molar-refractivity contribution in [2.45, 2.75) is 57.0 Å². The van der Waals surface area contributed by atoms with Gasteiger partial charge in [-0.15, -0.1) is 0 Å². The molecule has 2 rings (SSSR count). The summed E-state index contributed by atoms with van der Waals surface area (Å²) in [4.78, 5) is 0. The lowest BCUT2D eigenvalue weighted by Gasteiger charge is -2.34. The summed E-state index contributed by atoms with van der Waals surface area (Å²) < 4.78 is 0. The number of fused-ring (bicyclic) bond motifs is 2. The van der Waals surface area contributed by atoms with Crippen molar-refractivity contribution >= 4 is 0 Å². The van der Waals surface area contributed by atoms with Crippen LogP contribution in [0.15, 0.2) is 11.6 Å². The predicted molar refractivity (Wildman–Crippen MR) is 50.0 cm³/mol. The topological polar surface area (TPSA) is 20.2 Å². The van der Waals surface area contributed by atoms with Crippen LogP contribution in [0.2, 0.25) is 0 Å². The van der Waals surface area contributed by atoms with Crippen molar-refractivity contribution in [3.63, 3.8) is 0 Å². The van der Waals surface area contributed by atoms with E-state index in [0.717, 1.165) is 25.7 Å². The normalized spacial score (nSPS) is 36.6. The standard InChI is InChI=1S/C11H18O/c12-11-7-3-1-2-5-10(9-11)6-4-8-11/h6,12H,1-5,7-9H2/t11-/m1/s1. The first-order chi connectivity index (χ1) is 5.79. The minimum atomic E-state index is -0.315. The molecule has 1 nitrogen and oxygen atoms in total. The molecule has 1 N–H and O–H groups in total. The third kappa shape index (κ3) is 1.71. The first-order valence-corrected chi connectivity index (χ1v) is 5.19. The van der Waals surface area contributed by atoms with Crippen molar-refractivity contribution in [1.29, 1.82) is 0 Å². The van der Waals surface area contributed by atoms with Crippen molar-refractivity contribution in [3.05, 3.63) is 11.6 Å². The fourth-order valence-corrected chi connectivity index (χ4v) is 2.51. The maximum absolute atomic E-state index is 10.2. The van der Waals surface area contributed by atoms with E-state index in [1.54, 1.807) is 0 Å². The molecule has 2 aliphatic rings. The highest BCUT2D eigenvalue weighted by molar-refractivity contribution is 5.12. The molecule has 0 aromatic heterocycles. The molecule has 68 valence electrons. The van der Waals surface area contributed by atoms with E-state index in [1.807, 2.05) is 0 Å². The molecule has 0 heterocycles. The van der Waals surface area contributed by atoms with Crippen molar-refractivity contribution in [1.82, 2.24) is 0 Å². The van der Waals surface area contributed by atoms with E-state index < -0.39 is 0 Å². The smallest absolute Gasteiger partial charge is 0.0687 e. The molecule has 2 bridgehead atoms. The molecule has 0 radical (unpaired) electrons. The van der Waals surface area contributed by atoms with Crippen molar-refractivity contribution in [2.75, 3.05) is 0 Å². The summed E-state index contributed by atoms with van der Waals surface area (Å²) >= 11 is 0. The van der Waals surface area contributed by atoms with E-state index in [-0.39, 0.29) is 5.60 Å². The number of hydrogen-bond acceptors (Lipinski definition) is 1. The molecule has 1 saturated carbocycles. The van der Waals surface area contributed by atoms with Gasteiger partial charge in [0.15, 0.2) is 0 Å². The van der Waals surface area contributed by atoms with Crippen LogP contribution in [0.1, 0.15) is 51.4 Å². The number of hydrogen-bond donors (Lipinski definition) is 1. The minimum absolute atomic E-state index is 0.315. The van der Waals surface area contributed by atoms with E-state index in [0.29, 0.717) is 0 Å². The molecule has 12 heavy (non-hydrogen) atoms. The van der Waals surface area contributed by atoms with Crippen molar-refractivity contribution in [3.8, 4) is 0 Å². The summed E-state index contributed by atoms with van der Waals surface area (Å²) in [6, 6.07) is 0. The van der Waals surface area contributed by atoms with Gasteiger partial charge in [0.05, 0.1) is 5.60 Å². The highest BCUT2D eigenvalue weighted by Gasteiger charge is 2.30. The molecule has 1 atom stereocenters.